The number of fused-ring (bicyclic) bond motifs is 1. The highest BCUT2D eigenvalue weighted by atomic mass is 35.5. The molecule has 4 aromatic rings. The maximum absolute atomic E-state index is 12.7. The Bertz CT molecular complexity index is 1560. The van der Waals surface area contributed by atoms with E-state index in [9.17, 15) is 14.7 Å². The van der Waals surface area contributed by atoms with Crippen molar-refractivity contribution < 1.29 is 28.6 Å². The first-order valence-electron chi connectivity index (χ1n) is 13.5. The first-order valence-corrected chi connectivity index (χ1v) is 13.9. The summed E-state index contributed by atoms with van der Waals surface area (Å²) in [5.74, 6) is 0.484. The van der Waals surface area contributed by atoms with Crippen molar-refractivity contribution in [1.82, 2.24) is 19.9 Å². The van der Waals surface area contributed by atoms with Crippen molar-refractivity contribution in [1.29, 1.82) is 0 Å². The number of rotatable bonds is 10. The third-order valence-electron chi connectivity index (χ3n) is 6.90. The molecule has 1 atom stereocenters. The number of halogens is 1. The molecule has 2 aromatic heterocycles. The summed E-state index contributed by atoms with van der Waals surface area (Å²) in [6.45, 7) is 6.41. The Labute approximate surface area is 242 Å². The monoisotopic (exact) mass is 578 g/mol. The maximum Gasteiger partial charge on any atom is 0.326 e. The van der Waals surface area contributed by atoms with Crippen LogP contribution in [0.5, 0.6) is 11.6 Å². The lowest BCUT2D eigenvalue weighted by molar-refractivity contribution is -0.149. The number of amides is 1. The molecule has 5 rings (SSSR count). The largest absolute Gasteiger partial charge is 0.483 e. The van der Waals surface area contributed by atoms with Crippen molar-refractivity contribution in [3.63, 3.8) is 0 Å². The third-order valence-corrected chi connectivity index (χ3v) is 7.15. The number of carbonyl (C=O) groups is 2. The fraction of sp³-hybridized carbons (Fsp3) is 0.367. The topological polar surface area (TPSA) is 128 Å². The van der Waals surface area contributed by atoms with Crippen LogP contribution in [0.15, 0.2) is 40.8 Å². The molecule has 1 saturated heterocycles. The van der Waals surface area contributed by atoms with E-state index >= 15 is 0 Å². The highest BCUT2D eigenvalue weighted by Gasteiger charge is 2.34. The molecule has 1 fully saturated rings. The number of likely N-dealkylation sites (tertiary alicyclic amines) is 1. The molecule has 3 heterocycles. The summed E-state index contributed by atoms with van der Waals surface area (Å²) in [5, 5.41) is 10.0. The number of benzene rings is 2. The van der Waals surface area contributed by atoms with Gasteiger partial charge in [0.05, 0.1) is 6.61 Å². The van der Waals surface area contributed by atoms with Crippen molar-refractivity contribution >= 4 is 34.7 Å². The number of nitrogens with zero attached hydrogens (tertiary/aromatic N) is 4. The van der Waals surface area contributed by atoms with Crippen LogP contribution in [0, 0.1) is 13.8 Å². The zero-order valence-electron chi connectivity index (χ0n) is 23.1. The highest BCUT2D eigenvalue weighted by molar-refractivity contribution is 6.30. The molecule has 214 valence electrons. The lowest BCUT2D eigenvalue weighted by Gasteiger charge is -2.22. The van der Waals surface area contributed by atoms with Gasteiger partial charge < -0.3 is 23.9 Å². The van der Waals surface area contributed by atoms with Gasteiger partial charge in [-0.05, 0) is 74.1 Å². The second kappa shape index (κ2) is 12.1. The minimum absolute atomic E-state index is 0.238. The molecule has 1 amide bonds. The number of oxazole rings is 1. The molecule has 0 spiro atoms. The Morgan fingerprint density at radius 2 is 1.83 bits per heavy atom. The van der Waals surface area contributed by atoms with Gasteiger partial charge in [0.25, 0.3) is 11.6 Å². The van der Waals surface area contributed by atoms with Crippen LogP contribution in [-0.2, 0) is 16.0 Å². The van der Waals surface area contributed by atoms with E-state index < -0.39 is 12.0 Å². The highest BCUT2D eigenvalue weighted by Crippen LogP contribution is 2.33. The molecular formula is C30H31ClN4O6. The predicted octanol–water partition coefficient (Wildman–Crippen LogP) is 5.39. The summed E-state index contributed by atoms with van der Waals surface area (Å²) in [6.07, 6.45) is 2.40. The van der Waals surface area contributed by atoms with Crippen LogP contribution < -0.4 is 9.47 Å². The van der Waals surface area contributed by atoms with Gasteiger partial charge in [-0.1, -0.05) is 30.7 Å². The fourth-order valence-electron chi connectivity index (χ4n) is 4.97. The van der Waals surface area contributed by atoms with E-state index in [1.165, 1.54) is 4.90 Å². The predicted molar refractivity (Wildman–Crippen MR) is 152 cm³/mol. The number of aromatic nitrogens is 3. The maximum atomic E-state index is 12.7. The van der Waals surface area contributed by atoms with Gasteiger partial charge in [0.2, 0.25) is 11.8 Å². The normalized spacial score (nSPS) is 14.9. The lowest BCUT2D eigenvalue weighted by Crippen LogP contribution is -2.42. The molecular weight excluding hydrogens is 548 g/mol. The van der Waals surface area contributed by atoms with Crippen molar-refractivity contribution in [2.45, 2.75) is 52.5 Å². The van der Waals surface area contributed by atoms with Crippen LogP contribution in [0.1, 0.15) is 48.7 Å². The van der Waals surface area contributed by atoms with E-state index in [1.807, 2.05) is 57.2 Å². The fourth-order valence-corrected chi connectivity index (χ4v) is 5.09. The number of hydrogen-bond acceptors (Lipinski definition) is 8. The summed E-state index contributed by atoms with van der Waals surface area (Å²) in [6, 6.07) is 10.4. The van der Waals surface area contributed by atoms with E-state index in [0.717, 1.165) is 23.1 Å². The number of aliphatic carboxylic acids is 1. The first kappa shape index (κ1) is 28.4. The second-order valence-corrected chi connectivity index (χ2v) is 10.5. The molecule has 41 heavy (non-hydrogen) atoms. The van der Waals surface area contributed by atoms with Crippen LogP contribution in [0.4, 0.5) is 0 Å². The van der Waals surface area contributed by atoms with Crippen LogP contribution in [0.3, 0.4) is 0 Å². The minimum atomic E-state index is -0.990. The molecule has 1 aliphatic heterocycles. The summed E-state index contributed by atoms with van der Waals surface area (Å²) in [4.78, 5) is 39.4. The Balaban J connectivity index is 1.39. The number of carboxylic acid groups (broad SMARTS) is 1. The third kappa shape index (κ3) is 6.27. The quantitative estimate of drug-likeness (QED) is 0.263. The van der Waals surface area contributed by atoms with E-state index in [4.69, 9.17) is 25.5 Å². The SMILES string of the molecule is CCCOc1nc(Cc2ccc(Cl)cc2)nc2oc(-c3cc(C)c(OCC(=O)N4CCCC4C(=O)O)c(C)c3)nc12. The molecule has 1 unspecified atom stereocenters. The van der Waals surface area contributed by atoms with Gasteiger partial charge in [-0.3, -0.25) is 4.79 Å². The van der Waals surface area contributed by atoms with Gasteiger partial charge in [0.15, 0.2) is 12.1 Å². The summed E-state index contributed by atoms with van der Waals surface area (Å²) in [7, 11) is 0. The Morgan fingerprint density at radius 1 is 1.10 bits per heavy atom. The van der Waals surface area contributed by atoms with E-state index in [2.05, 4.69) is 15.0 Å². The van der Waals surface area contributed by atoms with Crippen molar-refractivity contribution in [3.8, 4) is 23.1 Å². The first-order chi connectivity index (χ1) is 19.7. The smallest absolute Gasteiger partial charge is 0.326 e. The van der Waals surface area contributed by atoms with E-state index in [1.54, 1.807) is 0 Å². The van der Waals surface area contributed by atoms with E-state index in [-0.39, 0.29) is 12.5 Å². The summed E-state index contributed by atoms with van der Waals surface area (Å²) in [5.41, 5.74) is 4.03. The number of hydrogen-bond donors (Lipinski definition) is 1. The molecule has 0 saturated carbocycles. The van der Waals surface area contributed by atoms with Gasteiger partial charge in [0.1, 0.15) is 17.6 Å². The summed E-state index contributed by atoms with van der Waals surface area (Å²) >= 11 is 6.02. The van der Waals surface area contributed by atoms with Crippen LogP contribution >= 0.6 is 11.6 Å². The Kier molecular flexibility index (Phi) is 8.39. The lowest BCUT2D eigenvalue weighted by atomic mass is 10.1. The average Bonchev–Trinajstić information content (AvgIpc) is 3.60. The van der Waals surface area contributed by atoms with Crippen molar-refractivity contribution in [2.75, 3.05) is 19.8 Å². The molecule has 11 heteroatoms. The molecule has 0 aliphatic carbocycles. The zero-order valence-corrected chi connectivity index (χ0v) is 23.9. The van der Waals surface area contributed by atoms with Crippen LogP contribution in [0.2, 0.25) is 5.02 Å². The van der Waals surface area contributed by atoms with E-state index in [0.29, 0.717) is 77.6 Å². The van der Waals surface area contributed by atoms with Crippen molar-refractivity contribution in [2.24, 2.45) is 0 Å². The molecule has 1 N–H and O–H groups in total. The van der Waals surface area contributed by atoms with Crippen LogP contribution in [-0.4, -0.2) is 62.6 Å². The molecule has 0 bridgehead atoms. The number of aryl methyl sites for hydroxylation is 2. The molecule has 10 nitrogen and oxygen atoms in total. The number of carboxylic acids is 1. The average molecular weight is 579 g/mol. The molecule has 0 radical (unpaired) electrons. The Morgan fingerprint density at radius 3 is 2.51 bits per heavy atom. The van der Waals surface area contributed by atoms with Gasteiger partial charge in [-0.15, -0.1) is 0 Å². The minimum Gasteiger partial charge on any atom is -0.483 e. The van der Waals surface area contributed by atoms with Gasteiger partial charge in [-0.25, -0.2) is 9.78 Å². The standard InChI is InChI=1S/C30H31ClN4O6/c1-4-12-39-28-25-29(33-23(32-28)15-19-7-9-21(31)10-8-19)41-27(34-25)20-13-17(2)26(18(3)14-20)40-16-24(36)35-11-5-6-22(35)30(37)38/h7-10,13-14,22H,4-6,11-12,15-16H2,1-3H3,(H,37,38). The van der Waals surface area contributed by atoms with Crippen LogP contribution in [0.25, 0.3) is 22.7 Å². The molecule has 2 aromatic carbocycles. The van der Waals surface area contributed by atoms with Gasteiger partial charge >= 0.3 is 5.97 Å². The second-order valence-electron chi connectivity index (χ2n) is 10.1. The molecule has 1 aliphatic rings. The number of ether oxygens (including phenoxy) is 2. The Hall–Kier alpha value is -4.18. The van der Waals surface area contributed by atoms with Crippen molar-refractivity contribution in [3.05, 3.63) is 63.9 Å². The van der Waals surface area contributed by atoms with Gasteiger partial charge in [-0.2, -0.15) is 9.97 Å². The van der Waals surface area contributed by atoms with Gasteiger partial charge in [0, 0.05) is 23.6 Å². The number of carbonyl (C=O) groups excluding carboxylic acids is 1. The summed E-state index contributed by atoms with van der Waals surface area (Å²) < 4.78 is 17.9. The zero-order chi connectivity index (χ0) is 29.1.